The molecule has 0 saturated carbocycles. The number of amides is 3. The van der Waals surface area contributed by atoms with Gasteiger partial charge >= 0.3 is 0 Å². The van der Waals surface area contributed by atoms with Crippen molar-refractivity contribution >= 4 is 46.3 Å². The Hall–Kier alpha value is -3.66. The van der Waals surface area contributed by atoms with E-state index in [2.05, 4.69) is 5.32 Å². The van der Waals surface area contributed by atoms with Gasteiger partial charge in [0.25, 0.3) is 16.8 Å². The lowest BCUT2D eigenvalue weighted by molar-refractivity contribution is -0.383. The lowest BCUT2D eigenvalue weighted by Crippen LogP contribution is -2.36. The molecule has 1 N–H and O–H groups in total. The van der Waals surface area contributed by atoms with E-state index in [-0.39, 0.29) is 16.3 Å². The minimum Gasteiger partial charge on any atom is -0.497 e. The topological polar surface area (TPSA) is 119 Å². The van der Waals surface area contributed by atoms with Crippen molar-refractivity contribution in [1.29, 1.82) is 0 Å². The number of nitro groups is 1. The number of anilines is 1. The molecule has 1 aliphatic rings. The Morgan fingerprint density at radius 3 is 2.55 bits per heavy atom. The number of hydrogen-bond acceptors (Lipinski definition) is 7. The quantitative estimate of drug-likeness (QED) is 0.438. The fourth-order valence-electron chi connectivity index (χ4n) is 2.56. The maximum absolute atomic E-state index is 12.5. The van der Waals surface area contributed by atoms with Gasteiger partial charge in [0.2, 0.25) is 5.91 Å². The van der Waals surface area contributed by atoms with E-state index in [4.69, 9.17) is 4.74 Å². The number of carbonyl (C=O) groups is 3. The van der Waals surface area contributed by atoms with Crippen LogP contribution < -0.4 is 10.1 Å². The van der Waals surface area contributed by atoms with Crippen LogP contribution in [0.1, 0.15) is 5.56 Å². The number of benzene rings is 2. The van der Waals surface area contributed by atoms with Crippen molar-refractivity contribution in [2.24, 2.45) is 0 Å². The Bertz CT molecular complexity index is 1020. The van der Waals surface area contributed by atoms with Gasteiger partial charge in [-0.1, -0.05) is 24.3 Å². The molecule has 0 aromatic heterocycles. The summed E-state index contributed by atoms with van der Waals surface area (Å²) in [5.41, 5.74) is 0.401. The van der Waals surface area contributed by atoms with Gasteiger partial charge in [0.05, 0.1) is 16.9 Å². The Morgan fingerprint density at radius 1 is 1.21 bits per heavy atom. The van der Waals surface area contributed by atoms with Crippen LogP contribution in [0.2, 0.25) is 0 Å². The molecule has 9 nitrogen and oxygen atoms in total. The highest BCUT2D eigenvalue weighted by atomic mass is 32.2. The summed E-state index contributed by atoms with van der Waals surface area (Å²) in [5.74, 6) is -0.664. The second kappa shape index (κ2) is 8.57. The van der Waals surface area contributed by atoms with E-state index in [1.54, 1.807) is 30.3 Å². The minimum absolute atomic E-state index is 0.0109. The predicted molar refractivity (Wildman–Crippen MR) is 107 cm³/mol. The van der Waals surface area contributed by atoms with Gasteiger partial charge in [-0.2, -0.15) is 0 Å². The maximum atomic E-state index is 12.5. The van der Waals surface area contributed by atoms with Crippen molar-refractivity contribution in [2.45, 2.75) is 0 Å². The third-order valence-corrected chi connectivity index (χ3v) is 4.87. The minimum atomic E-state index is -0.715. The number of nitro benzene ring substituents is 1. The summed E-state index contributed by atoms with van der Waals surface area (Å²) >= 11 is 0.722. The first-order valence-corrected chi connectivity index (χ1v) is 9.13. The molecular weight excluding hydrogens is 398 g/mol. The summed E-state index contributed by atoms with van der Waals surface area (Å²) in [6, 6.07) is 12.5. The summed E-state index contributed by atoms with van der Waals surface area (Å²) in [6.45, 7) is -0.545. The van der Waals surface area contributed by atoms with Gasteiger partial charge in [0, 0.05) is 6.07 Å². The molecule has 148 valence electrons. The SMILES string of the molecule is COc1ccc(/C=C2\SC(=O)N(CC(=O)Nc3ccccc3[N+](=O)[O-])C2=O)cc1. The van der Waals surface area contributed by atoms with Crippen molar-refractivity contribution in [3.63, 3.8) is 0 Å². The van der Waals surface area contributed by atoms with Crippen molar-refractivity contribution in [3.8, 4) is 5.75 Å². The van der Waals surface area contributed by atoms with E-state index in [0.717, 1.165) is 16.7 Å². The Kier molecular flexibility index (Phi) is 5.93. The zero-order valence-electron chi connectivity index (χ0n) is 15.2. The molecule has 1 aliphatic heterocycles. The molecule has 10 heteroatoms. The molecule has 0 atom stereocenters. The van der Waals surface area contributed by atoms with E-state index < -0.39 is 28.5 Å². The number of carbonyl (C=O) groups excluding carboxylic acids is 3. The van der Waals surface area contributed by atoms with Crippen LogP contribution in [0, 0.1) is 10.1 Å². The van der Waals surface area contributed by atoms with Gasteiger partial charge in [-0.15, -0.1) is 0 Å². The molecule has 2 aromatic rings. The van der Waals surface area contributed by atoms with Gasteiger partial charge in [-0.3, -0.25) is 29.4 Å². The monoisotopic (exact) mass is 413 g/mol. The standard InChI is InChI=1S/C19H15N3O6S/c1-28-13-8-6-12(7-9-13)10-16-18(24)21(19(25)29-16)11-17(23)20-14-4-2-3-5-15(14)22(26)27/h2-10H,11H2,1H3,(H,20,23)/b16-10-. The van der Waals surface area contributed by atoms with Crippen LogP contribution in [-0.4, -0.2) is 40.5 Å². The van der Waals surface area contributed by atoms with Gasteiger partial charge in [0.15, 0.2) is 0 Å². The fourth-order valence-corrected chi connectivity index (χ4v) is 3.40. The molecule has 0 spiro atoms. The Balaban J connectivity index is 1.70. The molecule has 0 aliphatic carbocycles. The zero-order chi connectivity index (χ0) is 21.0. The van der Waals surface area contributed by atoms with Crippen LogP contribution >= 0.6 is 11.8 Å². The number of nitrogens with one attached hydrogen (secondary N) is 1. The van der Waals surface area contributed by atoms with Crippen molar-refractivity contribution in [1.82, 2.24) is 4.90 Å². The number of thioether (sulfide) groups is 1. The van der Waals surface area contributed by atoms with Crippen LogP contribution in [0.5, 0.6) is 5.75 Å². The normalized spacial score (nSPS) is 14.9. The summed E-state index contributed by atoms with van der Waals surface area (Å²) in [4.78, 5) is 48.3. The number of imide groups is 1. The zero-order valence-corrected chi connectivity index (χ0v) is 16.0. The molecule has 2 aromatic carbocycles. The third kappa shape index (κ3) is 4.61. The predicted octanol–water partition coefficient (Wildman–Crippen LogP) is 3.28. The van der Waals surface area contributed by atoms with Gasteiger partial charge in [-0.05, 0) is 41.6 Å². The lowest BCUT2D eigenvalue weighted by Gasteiger charge is -2.12. The van der Waals surface area contributed by atoms with Gasteiger partial charge < -0.3 is 10.1 Å². The van der Waals surface area contributed by atoms with Crippen LogP contribution in [0.15, 0.2) is 53.4 Å². The molecule has 29 heavy (non-hydrogen) atoms. The number of methoxy groups -OCH3 is 1. The number of nitrogens with zero attached hydrogens (tertiary/aromatic N) is 2. The number of hydrogen-bond donors (Lipinski definition) is 1. The average molecular weight is 413 g/mol. The maximum Gasteiger partial charge on any atom is 0.294 e. The molecule has 0 unspecified atom stereocenters. The van der Waals surface area contributed by atoms with E-state index in [0.29, 0.717) is 11.3 Å². The second-order valence-electron chi connectivity index (χ2n) is 5.86. The summed E-state index contributed by atoms with van der Waals surface area (Å²) in [7, 11) is 1.54. The third-order valence-electron chi connectivity index (χ3n) is 3.96. The van der Waals surface area contributed by atoms with Crippen molar-refractivity contribution in [3.05, 3.63) is 69.1 Å². The highest BCUT2D eigenvalue weighted by molar-refractivity contribution is 8.18. The van der Waals surface area contributed by atoms with Crippen LogP contribution in [0.4, 0.5) is 16.2 Å². The average Bonchev–Trinajstić information content (AvgIpc) is 2.96. The number of para-hydroxylation sites is 2. The number of rotatable bonds is 6. The summed E-state index contributed by atoms with van der Waals surface area (Å²) < 4.78 is 5.07. The summed E-state index contributed by atoms with van der Waals surface area (Å²) in [6.07, 6.45) is 1.55. The lowest BCUT2D eigenvalue weighted by atomic mass is 10.2. The first-order valence-electron chi connectivity index (χ1n) is 8.31. The highest BCUT2D eigenvalue weighted by Gasteiger charge is 2.36. The van der Waals surface area contributed by atoms with Crippen LogP contribution in [-0.2, 0) is 9.59 Å². The first kappa shape index (κ1) is 20.1. The van der Waals surface area contributed by atoms with Crippen molar-refractivity contribution < 1.29 is 24.0 Å². The Labute approximate surface area is 169 Å². The molecule has 3 rings (SSSR count). The van der Waals surface area contributed by atoms with E-state index >= 15 is 0 Å². The molecule has 0 bridgehead atoms. The smallest absolute Gasteiger partial charge is 0.294 e. The number of ether oxygens (including phenoxy) is 1. The summed E-state index contributed by atoms with van der Waals surface area (Å²) in [5, 5.41) is 12.8. The Morgan fingerprint density at radius 2 is 1.90 bits per heavy atom. The van der Waals surface area contributed by atoms with E-state index in [9.17, 15) is 24.5 Å². The van der Waals surface area contributed by atoms with Crippen LogP contribution in [0.25, 0.3) is 6.08 Å². The molecule has 1 heterocycles. The fraction of sp³-hybridized carbons (Fsp3) is 0.105. The van der Waals surface area contributed by atoms with Gasteiger partial charge in [-0.25, -0.2) is 0 Å². The van der Waals surface area contributed by atoms with Crippen molar-refractivity contribution in [2.75, 3.05) is 19.0 Å². The first-order chi connectivity index (χ1) is 13.9. The highest BCUT2D eigenvalue weighted by Crippen LogP contribution is 2.32. The van der Waals surface area contributed by atoms with E-state index in [1.807, 2.05) is 0 Å². The van der Waals surface area contributed by atoms with E-state index in [1.165, 1.54) is 31.4 Å². The van der Waals surface area contributed by atoms with Gasteiger partial charge in [0.1, 0.15) is 18.0 Å². The molecule has 3 amide bonds. The molecular formula is C19H15N3O6S. The molecule has 1 fully saturated rings. The largest absolute Gasteiger partial charge is 0.497 e. The van der Waals surface area contributed by atoms with Crippen LogP contribution in [0.3, 0.4) is 0 Å². The molecule has 0 radical (unpaired) electrons. The molecule has 1 saturated heterocycles. The second-order valence-corrected chi connectivity index (χ2v) is 6.86.